The van der Waals surface area contributed by atoms with Crippen LogP contribution in [0.2, 0.25) is 0 Å². The number of benzene rings is 1. The Morgan fingerprint density at radius 2 is 1.64 bits per heavy atom. The zero-order valence-electron chi connectivity index (χ0n) is 15.8. The zero-order chi connectivity index (χ0) is 18.1. The summed E-state index contributed by atoms with van der Waals surface area (Å²) in [6.07, 6.45) is 0. The van der Waals surface area contributed by atoms with Gasteiger partial charge < -0.3 is 9.64 Å². The molecule has 132 valence electrons. The Labute approximate surface area is 153 Å². The summed E-state index contributed by atoms with van der Waals surface area (Å²) in [5, 5.41) is 2.16. The van der Waals surface area contributed by atoms with Crippen molar-refractivity contribution in [2.45, 2.75) is 41.5 Å². The van der Waals surface area contributed by atoms with Crippen LogP contribution in [0.15, 0.2) is 17.5 Å². The van der Waals surface area contributed by atoms with E-state index in [1.54, 1.807) is 11.3 Å². The Balaban J connectivity index is 2.12. The standard InChI is InChI=1S/C20H25N3OS/c1-7-23(8-2)16-11-25-19-17(16)21-15(6)22-20(19)24-18-13(4)9-12(3)10-14(18)5/h9-11H,7-8H2,1-6H3. The quantitative estimate of drug-likeness (QED) is 0.600. The smallest absolute Gasteiger partial charge is 0.240 e. The highest BCUT2D eigenvalue weighted by Crippen LogP contribution is 2.39. The number of aromatic nitrogens is 2. The van der Waals surface area contributed by atoms with Crippen molar-refractivity contribution < 1.29 is 4.74 Å². The number of thiophene rings is 1. The molecule has 0 saturated carbocycles. The van der Waals surface area contributed by atoms with E-state index < -0.39 is 0 Å². The number of hydrogen-bond acceptors (Lipinski definition) is 5. The van der Waals surface area contributed by atoms with Crippen LogP contribution in [0.4, 0.5) is 5.69 Å². The van der Waals surface area contributed by atoms with E-state index in [0.29, 0.717) is 5.88 Å². The van der Waals surface area contributed by atoms with Gasteiger partial charge in [-0.1, -0.05) is 17.7 Å². The molecule has 2 heterocycles. The summed E-state index contributed by atoms with van der Waals surface area (Å²) >= 11 is 1.65. The third kappa shape index (κ3) is 3.33. The van der Waals surface area contributed by atoms with E-state index in [1.165, 1.54) is 5.56 Å². The Bertz CT molecular complexity index is 890. The van der Waals surface area contributed by atoms with Gasteiger partial charge in [0.25, 0.3) is 0 Å². The molecule has 0 aliphatic heterocycles. The molecule has 0 amide bonds. The number of nitrogens with zero attached hydrogens (tertiary/aromatic N) is 3. The first-order chi connectivity index (χ1) is 11.9. The van der Waals surface area contributed by atoms with Crippen LogP contribution in [0.5, 0.6) is 11.6 Å². The van der Waals surface area contributed by atoms with Crippen LogP contribution in [0.3, 0.4) is 0 Å². The fraction of sp³-hybridized carbons (Fsp3) is 0.400. The molecule has 25 heavy (non-hydrogen) atoms. The topological polar surface area (TPSA) is 38.2 Å². The summed E-state index contributed by atoms with van der Waals surface area (Å²) in [6, 6.07) is 4.28. The largest absolute Gasteiger partial charge is 0.437 e. The van der Waals surface area contributed by atoms with Crippen molar-refractivity contribution in [1.29, 1.82) is 0 Å². The summed E-state index contributed by atoms with van der Waals surface area (Å²) in [6.45, 7) is 14.4. The van der Waals surface area contributed by atoms with E-state index in [9.17, 15) is 0 Å². The summed E-state index contributed by atoms with van der Waals surface area (Å²) in [7, 11) is 0. The molecule has 0 bridgehead atoms. The minimum atomic E-state index is 0.654. The second kappa shape index (κ2) is 7.00. The molecule has 0 spiro atoms. The number of fused-ring (bicyclic) bond motifs is 1. The SMILES string of the molecule is CCN(CC)c1csc2c(Oc3c(C)cc(C)cc3C)nc(C)nc12. The van der Waals surface area contributed by atoms with Crippen LogP contribution >= 0.6 is 11.3 Å². The van der Waals surface area contributed by atoms with Crippen molar-refractivity contribution in [2.24, 2.45) is 0 Å². The molecule has 0 N–H and O–H groups in total. The second-order valence-corrected chi connectivity index (χ2v) is 7.26. The van der Waals surface area contributed by atoms with Gasteiger partial charge in [0.1, 0.15) is 21.8 Å². The molecule has 0 aliphatic rings. The Hall–Kier alpha value is -2.14. The second-order valence-electron chi connectivity index (χ2n) is 6.38. The van der Waals surface area contributed by atoms with E-state index in [0.717, 1.165) is 51.7 Å². The Kier molecular flexibility index (Phi) is 4.95. The molecule has 3 rings (SSSR count). The van der Waals surface area contributed by atoms with Crippen LogP contribution in [-0.2, 0) is 0 Å². The molecule has 0 unspecified atom stereocenters. The van der Waals surface area contributed by atoms with Crippen LogP contribution in [0.1, 0.15) is 36.4 Å². The van der Waals surface area contributed by atoms with Gasteiger partial charge in [0.15, 0.2) is 0 Å². The highest BCUT2D eigenvalue weighted by molar-refractivity contribution is 7.18. The Morgan fingerprint density at radius 1 is 1.00 bits per heavy atom. The number of ether oxygens (including phenoxy) is 1. The lowest BCUT2D eigenvalue weighted by Gasteiger charge is -2.19. The third-order valence-corrected chi connectivity index (χ3v) is 5.33. The van der Waals surface area contributed by atoms with Gasteiger partial charge in [-0.05, 0) is 52.7 Å². The number of hydrogen-bond donors (Lipinski definition) is 0. The van der Waals surface area contributed by atoms with Gasteiger partial charge in [0.05, 0.1) is 5.69 Å². The van der Waals surface area contributed by atoms with Crippen molar-refractivity contribution >= 4 is 27.2 Å². The van der Waals surface area contributed by atoms with E-state index in [-0.39, 0.29) is 0 Å². The molecule has 5 heteroatoms. The van der Waals surface area contributed by atoms with Gasteiger partial charge in [-0.25, -0.2) is 4.98 Å². The minimum Gasteiger partial charge on any atom is -0.437 e. The van der Waals surface area contributed by atoms with Crippen LogP contribution in [0.25, 0.3) is 10.2 Å². The third-order valence-electron chi connectivity index (χ3n) is 4.38. The van der Waals surface area contributed by atoms with Crippen molar-refractivity contribution in [3.05, 3.63) is 40.0 Å². The highest BCUT2D eigenvalue weighted by Gasteiger charge is 2.18. The summed E-state index contributed by atoms with van der Waals surface area (Å²) in [5.41, 5.74) is 5.65. The van der Waals surface area contributed by atoms with Gasteiger partial charge in [0, 0.05) is 18.5 Å². The maximum atomic E-state index is 6.29. The molecule has 0 saturated heterocycles. The van der Waals surface area contributed by atoms with Crippen LogP contribution in [-0.4, -0.2) is 23.1 Å². The molecule has 1 aromatic carbocycles. The normalized spacial score (nSPS) is 11.1. The fourth-order valence-electron chi connectivity index (χ4n) is 3.27. The molecule has 0 fully saturated rings. The molecule has 2 aromatic heterocycles. The lowest BCUT2D eigenvalue weighted by atomic mass is 10.1. The van der Waals surface area contributed by atoms with Crippen LogP contribution < -0.4 is 9.64 Å². The molecular weight excluding hydrogens is 330 g/mol. The molecule has 0 aliphatic carbocycles. The maximum Gasteiger partial charge on any atom is 0.240 e. The predicted octanol–water partition coefficient (Wildman–Crippen LogP) is 5.56. The molecular formula is C20H25N3OS. The monoisotopic (exact) mass is 355 g/mol. The Morgan fingerprint density at radius 3 is 2.24 bits per heavy atom. The number of rotatable bonds is 5. The molecule has 0 atom stereocenters. The average Bonchev–Trinajstić information content (AvgIpc) is 2.96. The van der Waals surface area contributed by atoms with Crippen LogP contribution in [0, 0.1) is 27.7 Å². The molecule has 4 nitrogen and oxygen atoms in total. The van der Waals surface area contributed by atoms with Gasteiger partial charge in [-0.3, -0.25) is 0 Å². The van der Waals surface area contributed by atoms with Crippen molar-refractivity contribution in [1.82, 2.24) is 9.97 Å². The molecule has 0 radical (unpaired) electrons. The lowest BCUT2D eigenvalue weighted by molar-refractivity contribution is 0.460. The average molecular weight is 356 g/mol. The number of anilines is 1. The fourth-order valence-corrected chi connectivity index (χ4v) is 4.21. The highest BCUT2D eigenvalue weighted by atomic mass is 32.1. The van der Waals surface area contributed by atoms with Gasteiger partial charge in [-0.15, -0.1) is 11.3 Å². The van der Waals surface area contributed by atoms with Crippen molar-refractivity contribution in [2.75, 3.05) is 18.0 Å². The summed E-state index contributed by atoms with van der Waals surface area (Å²) < 4.78 is 7.30. The first-order valence-electron chi connectivity index (χ1n) is 8.71. The first kappa shape index (κ1) is 17.7. The van der Waals surface area contributed by atoms with E-state index in [4.69, 9.17) is 9.72 Å². The summed E-state index contributed by atoms with van der Waals surface area (Å²) in [5.74, 6) is 2.28. The zero-order valence-corrected chi connectivity index (χ0v) is 16.6. The minimum absolute atomic E-state index is 0.654. The molecule has 3 aromatic rings. The van der Waals surface area contributed by atoms with E-state index in [1.807, 2.05) is 6.92 Å². The van der Waals surface area contributed by atoms with Gasteiger partial charge in [0.2, 0.25) is 5.88 Å². The van der Waals surface area contributed by atoms with Crippen molar-refractivity contribution in [3.8, 4) is 11.6 Å². The maximum absolute atomic E-state index is 6.29. The predicted molar refractivity (Wildman–Crippen MR) is 106 cm³/mol. The van der Waals surface area contributed by atoms with E-state index in [2.05, 4.69) is 62.0 Å². The summed E-state index contributed by atoms with van der Waals surface area (Å²) in [4.78, 5) is 11.6. The van der Waals surface area contributed by atoms with Gasteiger partial charge in [-0.2, -0.15) is 4.98 Å². The first-order valence-corrected chi connectivity index (χ1v) is 9.59. The van der Waals surface area contributed by atoms with Crippen molar-refractivity contribution in [3.63, 3.8) is 0 Å². The van der Waals surface area contributed by atoms with Gasteiger partial charge >= 0.3 is 0 Å². The van der Waals surface area contributed by atoms with E-state index >= 15 is 0 Å². The number of aryl methyl sites for hydroxylation is 4. The lowest BCUT2D eigenvalue weighted by Crippen LogP contribution is -2.21.